The van der Waals surface area contributed by atoms with Crippen molar-refractivity contribution in [2.45, 2.75) is 123 Å². The maximum absolute atomic E-state index is 13.9. The zero-order valence-corrected chi connectivity index (χ0v) is 25.7. The molecular formula is C32H48O7P-. The van der Waals surface area contributed by atoms with Gasteiger partial charge in [-0.3, -0.25) is 9.09 Å². The minimum atomic E-state index is -4.75. The first-order valence-corrected chi connectivity index (χ1v) is 16.5. The van der Waals surface area contributed by atoms with Crippen molar-refractivity contribution in [1.29, 1.82) is 0 Å². The Morgan fingerprint density at radius 1 is 1.15 bits per heavy atom. The molecule has 2 aliphatic rings. The zero-order valence-electron chi connectivity index (χ0n) is 24.8. The van der Waals surface area contributed by atoms with Crippen LogP contribution < -0.4 is 9.63 Å². The van der Waals surface area contributed by atoms with Gasteiger partial charge in [-0.2, -0.15) is 0 Å². The minimum absolute atomic E-state index is 0.0264. The van der Waals surface area contributed by atoms with Crippen molar-refractivity contribution in [2.75, 3.05) is 6.61 Å². The highest BCUT2D eigenvalue weighted by Crippen LogP contribution is 2.50. The van der Waals surface area contributed by atoms with Gasteiger partial charge in [-0.25, -0.2) is 4.79 Å². The Bertz CT molecular complexity index is 1100. The highest BCUT2D eigenvalue weighted by molar-refractivity contribution is 7.46. The van der Waals surface area contributed by atoms with E-state index in [4.69, 9.17) is 13.8 Å². The standard InChI is InChI=1S/C32H49O7P/c1-6-8-9-13-19-37-40(35,36)39-32(17-11-10-12-18-32)31(34)38-29-22-25(14-7-2)21-28(33)30(29)27-20-24(5)15-16-26(27)23(3)4/h20-22,26-27,33H,3,6-19H2,1-2,4-5H3,(H,35,36)/p-1/t26-,27+/m0/s1. The summed E-state index contributed by atoms with van der Waals surface area (Å²) < 4.78 is 29.7. The Morgan fingerprint density at radius 3 is 2.52 bits per heavy atom. The number of hydrogen-bond donors (Lipinski definition) is 1. The van der Waals surface area contributed by atoms with Crippen LogP contribution in [0.4, 0.5) is 0 Å². The van der Waals surface area contributed by atoms with Crippen molar-refractivity contribution >= 4 is 13.8 Å². The summed E-state index contributed by atoms with van der Waals surface area (Å²) in [6.07, 6.45) is 11.6. The van der Waals surface area contributed by atoms with Crippen LogP contribution in [0.2, 0.25) is 0 Å². The van der Waals surface area contributed by atoms with Gasteiger partial charge in [0.2, 0.25) is 0 Å². The molecule has 224 valence electrons. The van der Waals surface area contributed by atoms with Gasteiger partial charge >= 0.3 is 5.97 Å². The lowest BCUT2D eigenvalue weighted by molar-refractivity contribution is -0.240. The molecule has 8 heteroatoms. The Hall–Kier alpha value is -1.92. The third kappa shape index (κ3) is 8.55. The van der Waals surface area contributed by atoms with E-state index in [1.54, 1.807) is 12.1 Å². The highest BCUT2D eigenvalue weighted by atomic mass is 31.2. The zero-order chi connectivity index (χ0) is 29.3. The first-order chi connectivity index (χ1) is 19.0. The summed E-state index contributed by atoms with van der Waals surface area (Å²) >= 11 is 0. The second kappa shape index (κ2) is 14.8. The molecule has 3 atom stereocenters. The van der Waals surface area contributed by atoms with E-state index in [9.17, 15) is 19.4 Å². The van der Waals surface area contributed by atoms with Crippen LogP contribution in [-0.4, -0.2) is 23.3 Å². The summed E-state index contributed by atoms with van der Waals surface area (Å²) in [5, 5.41) is 11.3. The van der Waals surface area contributed by atoms with Gasteiger partial charge in [-0.15, -0.1) is 0 Å². The van der Waals surface area contributed by atoms with Gasteiger partial charge in [0.1, 0.15) is 11.5 Å². The number of hydrogen-bond acceptors (Lipinski definition) is 7. The Morgan fingerprint density at radius 2 is 1.88 bits per heavy atom. The SMILES string of the molecule is C=C(C)[C@@H]1CCC(C)=C[C@H]1c1c(O)cc(CCC)cc1OC(=O)C1(OP(=O)([O-])OCCCCCC)CCCCC1. The number of unbranched alkanes of at least 4 members (excludes halogenated alkanes) is 3. The Labute approximate surface area is 240 Å². The summed E-state index contributed by atoms with van der Waals surface area (Å²) in [7, 11) is -4.75. The predicted octanol–water partition coefficient (Wildman–Crippen LogP) is 8.05. The number of phosphoric ester groups is 1. The van der Waals surface area contributed by atoms with E-state index in [-0.39, 0.29) is 42.8 Å². The molecule has 3 rings (SSSR count). The van der Waals surface area contributed by atoms with Crippen molar-refractivity contribution in [3.05, 3.63) is 47.1 Å². The molecule has 0 heterocycles. The monoisotopic (exact) mass is 575 g/mol. The molecule has 1 aromatic carbocycles. The van der Waals surface area contributed by atoms with Crippen molar-refractivity contribution in [2.24, 2.45) is 5.92 Å². The molecule has 2 aliphatic carbocycles. The first-order valence-electron chi connectivity index (χ1n) is 15.1. The second-order valence-corrected chi connectivity index (χ2v) is 13.0. The molecule has 1 aromatic rings. The molecule has 40 heavy (non-hydrogen) atoms. The number of carbonyl (C=O) groups excluding carboxylic acids is 1. The van der Waals surface area contributed by atoms with Gasteiger partial charge in [-0.1, -0.05) is 69.8 Å². The third-order valence-electron chi connectivity index (χ3n) is 8.20. The van der Waals surface area contributed by atoms with Gasteiger partial charge < -0.3 is 19.3 Å². The number of allylic oxidation sites excluding steroid dienone is 3. The van der Waals surface area contributed by atoms with Crippen LogP contribution in [0.5, 0.6) is 11.5 Å². The lowest BCUT2D eigenvalue weighted by Gasteiger charge is -2.39. The summed E-state index contributed by atoms with van der Waals surface area (Å²) in [5.41, 5.74) is 1.92. The predicted molar refractivity (Wildman–Crippen MR) is 156 cm³/mol. The molecule has 0 spiro atoms. The quantitative estimate of drug-likeness (QED) is 0.0786. The number of phenols is 1. The van der Waals surface area contributed by atoms with Gasteiger partial charge in [-0.05, 0) is 88.8 Å². The number of benzene rings is 1. The Kier molecular flexibility index (Phi) is 12.1. The van der Waals surface area contributed by atoms with E-state index >= 15 is 0 Å². The van der Waals surface area contributed by atoms with Gasteiger partial charge in [0, 0.05) is 11.5 Å². The van der Waals surface area contributed by atoms with Crippen molar-refractivity contribution in [3.8, 4) is 11.5 Å². The van der Waals surface area contributed by atoms with E-state index in [1.165, 1.54) is 5.57 Å². The lowest BCUT2D eigenvalue weighted by atomic mass is 9.73. The summed E-state index contributed by atoms with van der Waals surface area (Å²) in [6, 6.07) is 3.55. The average molecular weight is 576 g/mol. The van der Waals surface area contributed by atoms with Gasteiger partial charge in [0.05, 0.1) is 6.61 Å². The number of phenolic OH excluding ortho intramolecular Hbond substituents is 1. The van der Waals surface area contributed by atoms with E-state index in [2.05, 4.69) is 26.5 Å². The summed E-state index contributed by atoms with van der Waals surface area (Å²) in [4.78, 5) is 26.8. The number of aryl methyl sites for hydroxylation is 1. The van der Waals surface area contributed by atoms with Crippen LogP contribution in [0.15, 0.2) is 35.9 Å². The molecule has 1 unspecified atom stereocenters. The number of rotatable bonds is 14. The molecular weight excluding hydrogens is 527 g/mol. The molecule has 7 nitrogen and oxygen atoms in total. The maximum atomic E-state index is 13.9. The van der Waals surface area contributed by atoms with Crippen LogP contribution >= 0.6 is 7.82 Å². The van der Waals surface area contributed by atoms with Crippen molar-refractivity contribution in [3.63, 3.8) is 0 Å². The third-order valence-corrected chi connectivity index (χ3v) is 9.27. The molecule has 0 aromatic heterocycles. The summed E-state index contributed by atoms with van der Waals surface area (Å²) in [5.74, 6) is -0.572. The second-order valence-electron chi connectivity index (χ2n) is 11.7. The topological polar surface area (TPSA) is 105 Å². The molecule has 1 N–H and O–H groups in total. The number of aromatic hydroxyl groups is 1. The fourth-order valence-corrected chi connectivity index (χ4v) is 7.11. The molecule has 1 saturated carbocycles. The van der Waals surface area contributed by atoms with E-state index in [0.29, 0.717) is 31.2 Å². The minimum Gasteiger partial charge on any atom is -0.756 e. The average Bonchev–Trinajstić information content (AvgIpc) is 2.88. The lowest BCUT2D eigenvalue weighted by Crippen LogP contribution is -2.46. The fourth-order valence-electron chi connectivity index (χ4n) is 6.02. The Balaban J connectivity index is 1.95. The van der Waals surface area contributed by atoms with Crippen LogP contribution in [0, 0.1) is 5.92 Å². The maximum Gasteiger partial charge on any atom is 0.344 e. The van der Waals surface area contributed by atoms with Crippen LogP contribution in [-0.2, 0) is 24.8 Å². The smallest absolute Gasteiger partial charge is 0.344 e. The van der Waals surface area contributed by atoms with Gasteiger partial charge in [0.15, 0.2) is 5.60 Å². The molecule has 0 bridgehead atoms. The molecule has 0 aliphatic heterocycles. The first kappa shape index (κ1) is 32.6. The number of phosphoric acid groups is 1. The number of ether oxygens (including phenoxy) is 1. The van der Waals surface area contributed by atoms with E-state index in [1.807, 2.05) is 13.8 Å². The largest absolute Gasteiger partial charge is 0.756 e. The normalized spacial score (nSPS) is 22.3. The van der Waals surface area contributed by atoms with Crippen molar-refractivity contribution in [1.82, 2.24) is 0 Å². The van der Waals surface area contributed by atoms with E-state index < -0.39 is 19.4 Å². The molecule has 1 fully saturated rings. The van der Waals surface area contributed by atoms with Crippen LogP contribution in [0.3, 0.4) is 0 Å². The molecule has 0 amide bonds. The van der Waals surface area contributed by atoms with E-state index in [0.717, 1.165) is 56.1 Å². The van der Waals surface area contributed by atoms with Gasteiger partial charge in [0.25, 0.3) is 7.82 Å². The number of esters is 1. The van der Waals surface area contributed by atoms with Crippen LogP contribution in [0.25, 0.3) is 0 Å². The van der Waals surface area contributed by atoms with Crippen molar-refractivity contribution < 1.29 is 33.1 Å². The number of carbonyl (C=O) groups is 1. The molecule has 0 radical (unpaired) electrons. The highest BCUT2D eigenvalue weighted by Gasteiger charge is 2.46. The van der Waals surface area contributed by atoms with Crippen LogP contribution in [0.1, 0.15) is 122 Å². The summed E-state index contributed by atoms with van der Waals surface area (Å²) in [6.45, 7) is 12.4. The fraction of sp³-hybridized carbons (Fsp3) is 0.656. The molecule has 0 saturated heterocycles.